The second-order valence-electron chi connectivity index (χ2n) is 4.38. The molecule has 0 radical (unpaired) electrons. The first-order chi connectivity index (χ1) is 9.56. The van der Waals surface area contributed by atoms with Crippen LogP contribution in [0, 0.1) is 6.92 Å². The van der Waals surface area contributed by atoms with Crippen molar-refractivity contribution in [1.82, 2.24) is 5.43 Å². The maximum atomic E-state index is 10.5. The average molecular weight is 269 g/mol. The van der Waals surface area contributed by atoms with Crippen molar-refractivity contribution >= 4 is 12.2 Å². The van der Waals surface area contributed by atoms with Crippen LogP contribution in [-0.2, 0) is 0 Å². The molecule has 0 spiro atoms. The lowest BCUT2D eigenvalue weighted by Gasteiger charge is -2.06. The molecule has 0 heterocycles. The monoisotopic (exact) mass is 269 g/mol. The van der Waals surface area contributed by atoms with Crippen LogP contribution in [0.25, 0.3) is 11.1 Å². The Bertz CT molecular complexity index is 666. The first-order valence-electron chi connectivity index (χ1n) is 6.05. The fourth-order valence-electron chi connectivity index (χ4n) is 1.83. The topological polar surface area (TPSA) is 87.7 Å². The number of hydrogen-bond donors (Lipinski definition) is 3. The quantitative estimate of drug-likeness (QED) is 0.590. The number of phenols is 1. The number of aryl methyl sites for hydroxylation is 1. The van der Waals surface area contributed by atoms with Crippen molar-refractivity contribution in [1.29, 1.82) is 0 Å². The zero-order chi connectivity index (χ0) is 14.5. The van der Waals surface area contributed by atoms with E-state index >= 15 is 0 Å². The molecule has 5 heteroatoms. The molecule has 0 aromatic heterocycles. The summed E-state index contributed by atoms with van der Waals surface area (Å²) in [6.07, 6.45) is 1.35. The second kappa shape index (κ2) is 5.88. The van der Waals surface area contributed by atoms with Gasteiger partial charge in [0.15, 0.2) is 0 Å². The fourth-order valence-corrected chi connectivity index (χ4v) is 1.83. The van der Waals surface area contributed by atoms with E-state index in [1.807, 2.05) is 31.2 Å². The molecule has 0 aliphatic heterocycles. The SMILES string of the molecule is Cc1cccc(-c2ccc(O)c(/C=N/NC(N)=O)c2)c1. The van der Waals surface area contributed by atoms with Gasteiger partial charge in [0.05, 0.1) is 6.21 Å². The predicted octanol–water partition coefficient (Wildman–Crippen LogP) is 2.37. The molecule has 2 aromatic carbocycles. The lowest BCUT2D eigenvalue weighted by atomic mass is 10.0. The molecule has 4 N–H and O–H groups in total. The summed E-state index contributed by atoms with van der Waals surface area (Å²) >= 11 is 0. The highest BCUT2D eigenvalue weighted by Gasteiger charge is 2.03. The van der Waals surface area contributed by atoms with Crippen molar-refractivity contribution < 1.29 is 9.90 Å². The van der Waals surface area contributed by atoms with Crippen LogP contribution in [0.4, 0.5) is 4.79 Å². The smallest absolute Gasteiger partial charge is 0.332 e. The minimum absolute atomic E-state index is 0.0800. The van der Waals surface area contributed by atoms with Crippen LogP contribution < -0.4 is 11.2 Å². The number of hydrogen-bond acceptors (Lipinski definition) is 3. The summed E-state index contributed by atoms with van der Waals surface area (Å²) in [5.74, 6) is 0.0800. The number of nitrogens with two attached hydrogens (primary N) is 1. The molecule has 0 saturated carbocycles. The van der Waals surface area contributed by atoms with Gasteiger partial charge in [-0.2, -0.15) is 5.10 Å². The van der Waals surface area contributed by atoms with Gasteiger partial charge in [0, 0.05) is 5.56 Å². The molecule has 2 aromatic rings. The Kier molecular flexibility index (Phi) is 4.00. The number of carbonyl (C=O) groups excluding carboxylic acids is 1. The maximum Gasteiger partial charge on any atom is 0.332 e. The molecule has 0 aliphatic rings. The lowest BCUT2D eigenvalue weighted by Crippen LogP contribution is -2.24. The van der Waals surface area contributed by atoms with Crippen molar-refractivity contribution in [2.45, 2.75) is 6.92 Å². The first-order valence-corrected chi connectivity index (χ1v) is 6.05. The summed E-state index contributed by atoms with van der Waals surface area (Å²) in [6, 6.07) is 12.5. The van der Waals surface area contributed by atoms with Crippen LogP contribution in [0.5, 0.6) is 5.75 Å². The second-order valence-corrected chi connectivity index (χ2v) is 4.38. The molecule has 0 saturated heterocycles. The number of nitrogens with zero attached hydrogens (tertiary/aromatic N) is 1. The van der Waals surface area contributed by atoms with Crippen LogP contribution in [-0.4, -0.2) is 17.4 Å². The van der Waals surface area contributed by atoms with Gasteiger partial charge in [-0.15, -0.1) is 0 Å². The van der Waals surface area contributed by atoms with Gasteiger partial charge in [0.1, 0.15) is 5.75 Å². The number of rotatable bonds is 3. The summed E-state index contributed by atoms with van der Waals surface area (Å²) in [7, 11) is 0. The predicted molar refractivity (Wildman–Crippen MR) is 78.6 cm³/mol. The minimum Gasteiger partial charge on any atom is -0.507 e. The summed E-state index contributed by atoms with van der Waals surface area (Å²) in [5, 5.41) is 13.4. The molecule has 0 aliphatic carbocycles. The van der Waals surface area contributed by atoms with Crippen LogP contribution in [0.3, 0.4) is 0 Å². The molecule has 20 heavy (non-hydrogen) atoms. The lowest BCUT2D eigenvalue weighted by molar-refractivity contribution is 0.249. The van der Waals surface area contributed by atoms with Crippen LogP contribution in [0.1, 0.15) is 11.1 Å². The van der Waals surface area contributed by atoms with Crippen LogP contribution in [0.2, 0.25) is 0 Å². The van der Waals surface area contributed by atoms with E-state index in [0.29, 0.717) is 5.56 Å². The van der Waals surface area contributed by atoms with E-state index in [1.165, 1.54) is 6.21 Å². The van der Waals surface area contributed by atoms with Gasteiger partial charge in [-0.05, 0) is 30.2 Å². The molecule has 0 unspecified atom stereocenters. The largest absolute Gasteiger partial charge is 0.507 e. The zero-order valence-electron chi connectivity index (χ0n) is 11.0. The van der Waals surface area contributed by atoms with Gasteiger partial charge >= 0.3 is 6.03 Å². The molecule has 5 nitrogen and oxygen atoms in total. The normalized spacial score (nSPS) is 10.7. The third kappa shape index (κ3) is 3.35. The number of hydrazone groups is 1. The third-order valence-electron chi connectivity index (χ3n) is 2.76. The number of aromatic hydroxyl groups is 1. The van der Waals surface area contributed by atoms with Gasteiger partial charge in [0.2, 0.25) is 0 Å². The van der Waals surface area contributed by atoms with E-state index in [2.05, 4.69) is 16.6 Å². The Labute approximate surface area is 116 Å². The average Bonchev–Trinajstić information content (AvgIpc) is 2.40. The first kappa shape index (κ1) is 13.6. The Morgan fingerprint density at radius 1 is 1.25 bits per heavy atom. The van der Waals surface area contributed by atoms with Crippen molar-refractivity contribution in [3.05, 3.63) is 53.6 Å². The molecular formula is C15H15N3O2. The Hall–Kier alpha value is -2.82. The highest BCUT2D eigenvalue weighted by Crippen LogP contribution is 2.25. The van der Waals surface area contributed by atoms with Crippen molar-refractivity contribution in [3.8, 4) is 16.9 Å². The number of benzene rings is 2. The standard InChI is InChI=1S/C15H15N3O2/c1-10-3-2-4-11(7-10)12-5-6-14(19)13(8-12)9-17-18-15(16)20/h2-9,19H,1H3,(H3,16,18,20)/b17-9+. The van der Waals surface area contributed by atoms with Gasteiger partial charge in [-0.3, -0.25) is 0 Å². The molecular weight excluding hydrogens is 254 g/mol. The number of carbonyl (C=O) groups is 1. The molecule has 0 atom stereocenters. The van der Waals surface area contributed by atoms with Crippen LogP contribution >= 0.6 is 0 Å². The molecule has 0 bridgehead atoms. The maximum absolute atomic E-state index is 10.5. The van der Waals surface area contributed by atoms with E-state index in [0.717, 1.165) is 16.7 Å². The van der Waals surface area contributed by atoms with Gasteiger partial charge in [-0.25, -0.2) is 10.2 Å². The Morgan fingerprint density at radius 2 is 2.00 bits per heavy atom. The fraction of sp³-hybridized carbons (Fsp3) is 0.0667. The summed E-state index contributed by atoms with van der Waals surface area (Å²) in [4.78, 5) is 10.5. The number of amides is 2. The molecule has 0 fully saturated rings. The van der Waals surface area contributed by atoms with E-state index in [4.69, 9.17) is 5.73 Å². The highest BCUT2D eigenvalue weighted by atomic mass is 16.3. The molecule has 102 valence electrons. The van der Waals surface area contributed by atoms with Crippen LogP contribution in [0.15, 0.2) is 47.6 Å². The molecule has 2 amide bonds. The summed E-state index contributed by atoms with van der Waals surface area (Å²) in [5.41, 5.74) is 10.6. The van der Waals surface area contributed by atoms with E-state index in [-0.39, 0.29) is 5.75 Å². The van der Waals surface area contributed by atoms with Gasteiger partial charge < -0.3 is 10.8 Å². The van der Waals surface area contributed by atoms with E-state index in [9.17, 15) is 9.90 Å². The summed E-state index contributed by atoms with van der Waals surface area (Å²) < 4.78 is 0. The molecule has 2 rings (SSSR count). The van der Waals surface area contributed by atoms with Crippen molar-refractivity contribution in [3.63, 3.8) is 0 Å². The number of nitrogens with one attached hydrogen (secondary N) is 1. The highest BCUT2D eigenvalue weighted by molar-refractivity contribution is 5.87. The van der Waals surface area contributed by atoms with E-state index < -0.39 is 6.03 Å². The van der Waals surface area contributed by atoms with Gasteiger partial charge in [0.25, 0.3) is 0 Å². The van der Waals surface area contributed by atoms with Crippen molar-refractivity contribution in [2.24, 2.45) is 10.8 Å². The Balaban J connectivity index is 2.33. The number of primary amides is 1. The van der Waals surface area contributed by atoms with E-state index in [1.54, 1.807) is 12.1 Å². The Morgan fingerprint density at radius 3 is 2.70 bits per heavy atom. The minimum atomic E-state index is -0.754. The zero-order valence-corrected chi connectivity index (χ0v) is 11.0. The number of phenolic OH excluding ortho intramolecular Hbond substituents is 1. The third-order valence-corrected chi connectivity index (χ3v) is 2.76. The number of urea groups is 1. The van der Waals surface area contributed by atoms with Gasteiger partial charge in [-0.1, -0.05) is 35.9 Å². The van der Waals surface area contributed by atoms with Crippen molar-refractivity contribution in [2.75, 3.05) is 0 Å². The summed E-state index contributed by atoms with van der Waals surface area (Å²) in [6.45, 7) is 2.02.